The van der Waals surface area contributed by atoms with Crippen molar-refractivity contribution in [1.82, 2.24) is 4.90 Å². The van der Waals surface area contributed by atoms with Gasteiger partial charge in [0.05, 0.1) is 11.8 Å². The van der Waals surface area contributed by atoms with E-state index in [9.17, 15) is 14.4 Å². The first-order valence-electron chi connectivity index (χ1n) is 10.7. The maximum absolute atomic E-state index is 12.9. The van der Waals surface area contributed by atoms with Gasteiger partial charge in [0.15, 0.2) is 0 Å². The minimum atomic E-state index is -0.571. The normalized spacial score (nSPS) is 34.2. The van der Waals surface area contributed by atoms with Gasteiger partial charge in [0.2, 0.25) is 11.8 Å². The number of rotatable bonds is 5. The predicted molar refractivity (Wildman–Crippen MR) is 107 cm³/mol. The molecule has 29 heavy (non-hydrogen) atoms. The third-order valence-electron chi connectivity index (χ3n) is 7.79. The first-order valence-corrected chi connectivity index (χ1v) is 10.7. The molecule has 5 heteroatoms. The van der Waals surface area contributed by atoms with Crippen molar-refractivity contribution < 1.29 is 19.1 Å². The largest absolute Gasteiger partial charge is 0.425 e. The molecule has 152 valence electrons. The van der Waals surface area contributed by atoms with Crippen molar-refractivity contribution in [3.63, 3.8) is 0 Å². The maximum Gasteiger partial charge on any atom is 0.331 e. The van der Waals surface area contributed by atoms with Crippen LogP contribution in [0.25, 0.3) is 0 Å². The quantitative estimate of drug-likeness (QED) is 0.333. The molecule has 6 rings (SSSR count). The molecule has 1 aromatic carbocycles. The minimum absolute atomic E-state index is 0.0569. The van der Waals surface area contributed by atoms with Crippen molar-refractivity contribution in [2.45, 2.75) is 39.0 Å². The van der Waals surface area contributed by atoms with E-state index >= 15 is 0 Å². The van der Waals surface area contributed by atoms with Crippen LogP contribution in [0.3, 0.4) is 0 Å². The fourth-order valence-electron chi connectivity index (χ4n) is 5.65. The Balaban J connectivity index is 1.26. The summed E-state index contributed by atoms with van der Waals surface area (Å²) in [7, 11) is 0. The third-order valence-corrected chi connectivity index (χ3v) is 7.79. The molecule has 4 aliphatic carbocycles. The second kappa shape index (κ2) is 6.28. The Labute approximate surface area is 171 Å². The molecule has 0 N–H and O–H groups in total. The highest BCUT2D eigenvalue weighted by Gasteiger charge is 2.67. The fourth-order valence-corrected chi connectivity index (χ4v) is 5.65. The first-order chi connectivity index (χ1) is 13.8. The van der Waals surface area contributed by atoms with Crippen LogP contribution >= 0.6 is 0 Å². The zero-order valence-electron chi connectivity index (χ0n) is 17.1. The van der Waals surface area contributed by atoms with Gasteiger partial charge in [-0.2, -0.15) is 0 Å². The standard InChI is InChI=1S/C24H27NO4/c1-4-24(2,3)13-5-7-14(8-6-13)29-19(26)12-25-22(27)20-15-9-10-16(18-11-17(15)18)21(20)23(25)28/h5-10,15-18,20-21H,4,11-12H2,1-3H3/t15-,16-,17-,18+,20-,21-/m1/s1. The summed E-state index contributed by atoms with van der Waals surface area (Å²) in [5.41, 5.74) is 1.23. The van der Waals surface area contributed by atoms with Crippen molar-refractivity contribution in [3.05, 3.63) is 42.0 Å². The smallest absolute Gasteiger partial charge is 0.331 e. The number of nitrogens with zero attached hydrogens (tertiary/aromatic N) is 1. The van der Waals surface area contributed by atoms with Gasteiger partial charge in [-0.05, 0) is 59.6 Å². The van der Waals surface area contributed by atoms with Crippen LogP contribution in [0.2, 0.25) is 0 Å². The zero-order chi connectivity index (χ0) is 20.5. The SMILES string of the molecule is CCC(C)(C)c1ccc(OC(=O)CN2C(=O)[C@@H]3[C@@H]4C=C[C@H]([C@@H]5C[C@H]45)[C@H]3C2=O)cc1. The maximum atomic E-state index is 12.9. The van der Waals surface area contributed by atoms with Gasteiger partial charge >= 0.3 is 5.97 Å². The van der Waals surface area contributed by atoms with Crippen molar-refractivity contribution in [2.24, 2.45) is 35.5 Å². The second-order valence-corrected chi connectivity index (χ2v) is 9.65. The van der Waals surface area contributed by atoms with Crippen LogP contribution in [-0.2, 0) is 19.8 Å². The third kappa shape index (κ3) is 2.77. The number of carbonyl (C=O) groups excluding carboxylic acids is 3. The van der Waals surface area contributed by atoms with Crippen LogP contribution in [0.15, 0.2) is 36.4 Å². The lowest BCUT2D eigenvalue weighted by molar-refractivity contribution is -0.148. The molecule has 5 nitrogen and oxygen atoms in total. The molecule has 0 spiro atoms. The van der Waals surface area contributed by atoms with E-state index in [0.29, 0.717) is 17.6 Å². The van der Waals surface area contributed by atoms with Gasteiger partial charge < -0.3 is 4.74 Å². The monoisotopic (exact) mass is 393 g/mol. The summed E-state index contributed by atoms with van der Waals surface area (Å²) in [6.07, 6.45) is 6.40. The topological polar surface area (TPSA) is 63.7 Å². The van der Waals surface area contributed by atoms with E-state index in [0.717, 1.165) is 17.7 Å². The highest BCUT2D eigenvalue weighted by Crippen LogP contribution is 2.65. The number of allylic oxidation sites excluding steroid dienone is 2. The lowest BCUT2D eigenvalue weighted by Gasteiger charge is -2.37. The van der Waals surface area contributed by atoms with Crippen LogP contribution in [0.5, 0.6) is 5.75 Å². The molecule has 0 radical (unpaired) electrons. The van der Waals surface area contributed by atoms with E-state index in [1.54, 1.807) is 12.1 Å². The summed E-state index contributed by atoms with van der Waals surface area (Å²) in [5.74, 6) is 0.381. The number of benzene rings is 1. The van der Waals surface area contributed by atoms with Crippen LogP contribution in [0.1, 0.15) is 39.2 Å². The number of amides is 2. The summed E-state index contributed by atoms with van der Waals surface area (Å²) in [6, 6.07) is 7.47. The Morgan fingerprint density at radius 2 is 1.59 bits per heavy atom. The van der Waals surface area contributed by atoms with E-state index in [4.69, 9.17) is 4.74 Å². The molecule has 2 amide bonds. The number of hydrogen-bond donors (Lipinski definition) is 0. The van der Waals surface area contributed by atoms with Crippen molar-refractivity contribution in [3.8, 4) is 5.75 Å². The van der Waals surface area contributed by atoms with Gasteiger partial charge in [-0.3, -0.25) is 14.5 Å². The summed E-state index contributed by atoms with van der Waals surface area (Å²) in [6.45, 7) is 6.18. The highest BCUT2D eigenvalue weighted by atomic mass is 16.5. The highest BCUT2D eigenvalue weighted by molar-refractivity contribution is 6.08. The van der Waals surface area contributed by atoms with E-state index < -0.39 is 5.97 Å². The number of ether oxygens (including phenoxy) is 1. The van der Waals surface area contributed by atoms with Gasteiger partial charge in [0, 0.05) is 0 Å². The summed E-state index contributed by atoms with van der Waals surface area (Å²) in [5, 5.41) is 0. The molecule has 1 aromatic rings. The molecule has 1 saturated heterocycles. The lowest BCUT2D eigenvalue weighted by atomic mass is 9.63. The van der Waals surface area contributed by atoms with E-state index in [2.05, 4.69) is 32.9 Å². The van der Waals surface area contributed by atoms with Gasteiger partial charge in [-0.1, -0.05) is 45.1 Å². The number of imide groups is 1. The summed E-state index contributed by atoms with van der Waals surface area (Å²) < 4.78 is 5.43. The van der Waals surface area contributed by atoms with E-state index in [1.807, 2.05) is 12.1 Å². The van der Waals surface area contributed by atoms with Gasteiger partial charge in [-0.25, -0.2) is 4.79 Å². The van der Waals surface area contributed by atoms with Crippen molar-refractivity contribution >= 4 is 17.8 Å². The molecule has 2 saturated carbocycles. The number of carbonyl (C=O) groups is 3. The molecule has 1 aliphatic heterocycles. The average molecular weight is 393 g/mol. The fraction of sp³-hybridized carbons (Fsp3) is 0.542. The Bertz CT molecular complexity index is 879. The van der Waals surface area contributed by atoms with Crippen molar-refractivity contribution in [2.75, 3.05) is 6.54 Å². The Hall–Kier alpha value is -2.43. The number of likely N-dealkylation sites (tertiary alicyclic amines) is 1. The molecular weight excluding hydrogens is 366 g/mol. The lowest BCUT2D eigenvalue weighted by Crippen LogP contribution is -2.40. The van der Waals surface area contributed by atoms with Crippen LogP contribution in [-0.4, -0.2) is 29.2 Å². The molecule has 2 bridgehead atoms. The van der Waals surface area contributed by atoms with Gasteiger partial charge in [0.1, 0.15) is 12.3 Å². The van der Waals surface area contributed by atoms with E-state index in [-0.39, 0.29) is 47.4 Å². The van der Waals surface area contributed by atoms with Crippen LogP contribution in [0, 0.1) is 35.5 Å². The first kappa shape index (κ1) is 18.6. The van der Waals surface area contributed by atoms with Crippen LogP contribution < -0.4 is 4.74 Å². The molecule has 3 fully saturated rings. The predicted octanol–water partition coefficient (Wildman–Crippen LogP) is 3.33. The second-order valence-electron chi connectivity index (χ2n) is 9.65. The Morgan fingerprint density at radius 1 is 1.03 bits per heavy atom. The number of hydrogen-bond acceptors (Lipinski definition) is 4. The van der Waals surface area contributed by atoms with Crippen molar-refractivity contribution in [1.29, 1.82) is 0 Å². The number of esters is 1. The van der Waals surface area contributed by atoms with Crippen LogP contribution in [0.4, 0.5) is 0 Å². The van der Waals surface area contributed by atoms with E-state index in [1.165, 1.54) is 5.56 Å². The van der Waals surface area contributed by atoms with Gasteiger partial charge in [0.25, 0.3) is 0 Å². The Kier molecular flexibility index (Phi) is 4.03. The average Bonchev–Trinajstić information content (AvgIpc) is 3.49. The summed E-state index contributed by atoms with van der Waals surface area (Å²) >= 11 is 0. The molecule has 6 atom stereocenters. The van der Waals surface area contributed by atoms with Gasteiger partial charge in [-0.15, -0.1) is 0 Å². The molecule has 0 unspecified atom stereocenters. The Morgan fingerprint density at radius 3 is 2.10 bits per heavy atom. The molecule has 5 aliphatic rings. The minimum Gasteiger partial charge on any atom is -0.425 e. The molecular formula is C24H27NO4. The summed E-state index contributed by atoms with van der Waals surface area (Å²) in [4.78, 5) is 39.5. The zero-order valence-corrected chi connectivity index (χ0v) is 17.1. The molecule has 0 aromatic heterocycles. The molecule has 1 heterocycles.